The number of sulfonamides is 1. The average Bonchev–Trinajstić information content (AvgIpc) is 2.96. The molecule has 1 radical (unpaired) electrons. The first kappa shape index (κ1) is 27.6. The van der Waals surface area contributed by atoms with Crippen molar-refractivity contribution in [3.63, 3.8) is 0 Å². The van der Waals surface area contributed by atoms with Gasteiger partial charge in [0, 0.05) is 54.9 Å². The first-order valence-corrected chi connectivity index (χ1v) is 11.1. The molecule has 0 unspecified atom stereocenters. The van der Waals surface area contributed by atoms with Crippen LogP contribution >= 0.6 is 0 Å². The number of benzene rings is 1. The average molecular weight is 463 g/mol. The summed E-state index contributed by atoms with van der Waals surface area (Å²) in [5.41, 5.74) is 2.29. The summed E-state index contributed by atoms with van der Waals surface area (Å²) in [5.74, 6) is -0.549. The first-order chi connectivity index (χ1) is 13.8. The fraction of sp³-hybridized carbons (Fsp3) is 0.500. The van der Waals surface area contributed by atoms with Crippen LogP contribution in [0.3, 0.4) is 0 Å². The van der Waals surface area contributed by atoms with E-state index in [9.17, 15) is 17.6 Å². The third kappa shape index (κ3) is 7.01. The van der Waals surface area contributed by atoms with E-state index in [0.29, 0.717) is 29.1 Å². The van der Waals surface area contributed by atoms with Crippen molar-refractivity contribution in [1.29, 1.82) is 0 Å². The molecule has 1 heterocycles. The maximum Gasteiger partial charge on any atom is 0.333 e. The monoisotopic (exact) mass is 462 g/mol. The molecule has 2 aromatic rings. The van der Waals surface area contributed by atoms with E-state index in [1.54, 1.807) is 7.05 Å². The van der Waals surface area contributed by atoms with Crippen LogP contribution in [0, 0.1) is 5.82 Å². The van der Waals surface area contributed by atoms with E-state index in [1.807, 2.05) is 51.4 Å². The van der Waals surface area contributed by atoms with Gasteiger partial charge < -0.3 is 10.2 Å². The summed E-state index contributed by atoms with van der Waals surface area (Å²) in [6.07, 6.45) is 0. The Labute approximate surface area is 205 Å². The van der Waals surface area contributed by atoms with Gasteiger partial charge in [-0.3, -0.25) is 4.68 Å². The van der Waals surface area contributed by atoms with E-state index >= 15 is 0 Å². The second-order valence-electron chi connectivity index (χ2n) is 8.16. The van der Waals surface area contributed by atoms with Crippen LogP contribution in [0.15, 0.2) is 23.2 Å². The molecule has 167 valence electrons. The van der Waals surface area contributed by atoms with Gasteiger partial charge in [-0.1, -0.05) is 27.7 Å². The normalized spacial score (nSPS) is 11.7. The fourth-order valence-corrected chi connectivity index (χ4v) is 4.02. The predicted octanol–water partition coefficient (Wildman–Crippen LogP) is 3.00. The van der Waals surface area contributed by atoms with Crippen molar-refractivity contribution >= 4 is 51.3 Å². The van der Waals surface area contributed by atoms with Crippen molar-refractivity contribution in [3.8, 4) is 0 Å². The van der Waals surface area contributed by atoms with Gasteiger partial charge in [-0.2, -0.15) is 13.5 Å². The molecule has 0 aliphatic rings. The Balaban J connectivity index is 0.00000480. The standard InChI is InChI=1S/C20H30FN5O3S.Na/c1-12(2)16-8-14(21)9-17(13(3)4)19(16)22-20(27)24-30(28,29)18-10-15(11-25(5)6)26(7)23-18;/h8-10,12-13H,11H2,1-7H3,(H2,22,24,27);. The molecule has 0 aliphatic heterocycles. The van der Waals surface area contributed by atoms with E-state index in [1.165, 1.54) is 22.9 Å². The molecule has 0 saturated heterocycles. The number of amides is 2. The summed E-state index contributed by atoms with van der Waals surface area (Å²) in [4.78, 5) is 14.4. The summed E-state index contributed by atoms with van der Waals surface area (Å²) in [6.45, 7) is 7.99. The molecule has 0 fully saturated rings. The van der Waals surface area contributed by atoms with Crippen LogP contribution in [-0.2, 0) is 23.6 Å². The Kier molecular flexibility index (Phi) is 9.71. The van der Waals surface area contributed by atoms with E-state index < -0.39 is 21.9 Å². The Morgan fingerprint density at radius 1 is 1.13 bits per heavy atom. The number of hydrogen-bond donors (Lipinski definition) is 2. The quantitative estimate of drug-likeness (QED) is 0.617. The third-order valence-corrected chi connectivity index (χ3v) is 5.79. The van der Waals surface area contributed by atoms with Gasteiger partial charge in [0.05, 0.1) is 5.69 Å². The van der Waals surface area contributed by atoms with Crippen molar-refractivity contribution in [2.24, 2.45) is 7.05 Å². The Bertz CT molecular complexity index is 1010. The van der Waals surface area contributed by atoms with Gasteiger partial charge >= 0.3 is 6.03 Å². The predicted molar refractivity (Wildman–Crippen MR) is 120 cm³/mol. The zero-order valence-electron chi connectivity index (χ0n) is 19.4. The molecule has 0 aliphatic carbocycles. The van der Waals surface area contributed by atoms with Gasteiger partial charge in [-0.15, -0.1) is 0 Å². The molecule has 0 spiro atoms. The van der Waals surface area contributed by atoms with Crippen LogP contribution in [0.4, 0.5) is 14.9 Å². The number of carbonyl (C=O) groups excluding carboxylic acids is 1. The molecule has 2 amide bonds. The smallest absolute Gasteiger partial charge is 0.307 e. The number of rotatable bonds is 7. The number of nitrogens with one attached hydrogen (secondary N) is 2. The van der Waals surface area contributed by atoms with Gasteiger partial charge in [0.15, 0.2) is 5.03 Å². The van der Waals surface area contributed by atoms with Gasteiger partial charge in [-0.05, 0) is 49.2 Å². The summed E-state index contributed by atoms with van der Waals surface area (Å²) >= 11 is 0. The Morgan fingerprint density at radius 3 is 2.10 bits per heavy atom. The van der Waals surface area contributed by atoms with E-state index in [4.69, 9.17) is 0 Å². The molecule has 2 N–H and O–H groups in total. The maximum absolute atomic E-state index is 14.1. The van der Waals surface area contributed by atoms with Gasteiger partial charge in [0.25, 0.3) is 10.0 Å². The van der Waals surface area contributed by atoms with E-state index in [2.05, 4.69) is 10.4 Å². The van der Waals surface area contributed by atoms with E-state index in [0.717, 1.165) is 0 Å². The minimum absolute atomic E-state index is 0. The van der Waals surface area contributed by atoms with Crippen molar-refractivity contribution in [2.45, 2.75) is 51.1 Å². The van der Waals surface area contributed by atoms with Crippen LogP contribution in [0.2, 0.25) is 0 Å². The Hall–Kier alpha value is -1.46. The molecule has 0 saturated carbocycles. The van der Waals surface area contributed by atoms with Crippen LogP contribution < -0.4 is 10.0 Å². The molecule has 1 aromatic heterocycles. The summed E-state index contributed by atoms with van der Waals surface area (Å²) in [5, 5.41) is 6.37. The minimum Gasteiger partial charge on any atom is -0.307 e. The zero-order valence-corrected chi connectivity index (χ0v) is 22.3. The number of anilines is 1. The van der Waals surface area contributed by atoms with Crippen LogP contribution in [-0.4, -0.2) is 72.8 Å². The molecular weight excluding hydrogens is 432 g/mol. The summed E-state index contributed by atoms with van der Waals surface area (Å²) in [7, 11) is 1.17. The van der Waals surface area contributed by atoms with Gasteiger partial charge in [0.2, 0.25) is 0 Å². The molecule has 31 heavy (non-hydrogen) atoms. The number of nitrogens with zero attached hydrogens (tertiary/aromatic N) is 3. The summed E-state index contributed by atoms with van der Waals surface area (Å²) < 4.78 is 42.8. The first-order valence-electron chi connectivity index (χ1n) is 9.66. The number of aromatic nitrogens is 2. The fourth-order valence-electron chi connectivity index (χ4n) is 3.10. The molecule has 1 aromatic carbocycles. The maximum atomic E-state index is 14.1. The van der Waals surface area contributed by atoms with Crippen LogP contribution in [0.5, 0.6) is 0 Å². The van der Waals surface area contributed by atoms with Crippen molar-refractivity contribution < 1.29 is 17.6 Å². The van der Waals surface area contributed by atoms with Crippen LogP contribution in [0.1, 0.15) is 56.4 Å². The third-order valence-electron chi connectivity index (χ3n) is 4.58. The number of hydrogen-bond acceptors (Lipinski definition) is 5. The van der Waals surface area contributed by atoms with Crippen molar-refractivity contribution in [2.75, 3.05) is 19.4 Å². The van der Waals surface area contributed by atoms with Crippen LogP contribution in [0.25, 0.3) is 0 Å². The van der Waals surface area contributed by atoms with Crippen molar-refractivity contribution in [1.82, 2.24) is 19.4 Å². The molecule has 0 bridgehead atoms. The molecule has 8 nitrogen and oxygen atoms in total. The minimum atomic E-state index is -4.18. The largest absolute Gasteiger partial charge is 0.333 e. The number of halogens is 1. The molecule has 0 atom stereocenters. The Morgan fingerprint density at radius 2 is 1.65 bits per heavy atom. The summed E-state index contributed by atoms with van der Waals surface area (Å²) in [6, 6.07) is 3.21. The van der Waals surface area contributed by atoms with E-state index in [-0.39, 0.29) is 46.4 Å². The van der Waals surface area contributed by atoms with Gasteiger partial charge in [0.1, 0.15) is 5.82 Å². The number of urea groups is 1. The zero-order chi connectivity index (χ0) is 22.8. The second kappa shape index (κ2) is 10.9. The number of carbonyl (C=O) groups is 1. The topological polar surface area (TPSA) is 96.3 Å². The number of aryl methyl sites for hydroxylation is 1. The molecule has 11 heteroatoms. The molecule has 2 rings (SSSR count). The molecular formula is C20H30FN5NaO3S. The van der Waals surface area contributed by atoms with Gasteiger partial charge in [-0.25, -0.2) is 13.9 Å². The SMILES string of the molecule is CC(C)c1cc(F)cc(C(C)C)c1NC(=O)NS(=O)(=O)c1cc(CN(C)C)n(C)n1.[Na]. The second-order valence-corrected chi connectivity index (χ2v) is 9.79. The van der Waals surface area contributed by atoms with Crippen molar-refractivity contribution in [3.05, 3.63) is 40.8 Å².